The maximum atomic E-state index is 12.9. The SMILES string of the molecule is CN(C)S(=O)(=O)CCCN1C(=O)N[C@@]2(CCCc3sccc32)C1=O. The Hall–Kier alpha value is -1.45. The second-order valence-corrected chi connectivity index (χ2v) is 9.66. The minimum atomic E-state index is -3.33. The Morgan fingerprint density at radius 3 is 2.83 bits per heavy atom. The number of thiophene rings is 1. The smallest absolute Gasteiger partial charge is 0.319 e. The molecule has 9 heteroatoms. The van der Waals surface area contributed by atoms with Gasteiger partial charge in [-0.2, -0.15) is 0 Å². The molecule has 1 saturated heterocycles. The van der Waals surface area contributed by atoms with Crippen LogP contribution < -0.4 is 5.32 Å². The van der Waals surface area contributed by atoms with Crippen LogP contribution in [0.3, 0.4) is 0 Å². The molecule has 0 bridgehead atoms. The molecule has 132 valence electrons. The van der Waals surface area contributed by atoms with E-state index in [0.717, 1.165) is 32.5 Å². The third-order valence-corrected chi connectivity index (χ3v) is 7.57. The third-order valence-electron chi connectivity index (χ3n) is 4.68. The van der Waals surface area contributed by atoms with E-state index in [-0.39, 0.29) is 24.6 Å². The van der Waals surface area contributed by atoms with Crippen molar-refractivity contribution in [3.05, 3.63) is 21.9 Å². The van der Waals surface area contributed by atoms with Crippen LogP contribution in [0.25, 0.3) is 0 Å². The molecule has 0 unspecified atom stereocenters. The van der Waals surface area contributed by atoms with Crippen LogP contribution >= 0.6 is 11.3 Å². The van der Waals surface area contributed by atoms with Crippen molar-refractivity contribution in [2.75, 3.05) is 26.4 Å². The van der Waals surface area contributed by atoms with Crippen molar-refractivity contribution < 1.29 is 18.0 Å². The molecule has 2 heterocycles. The topological polar surface area (TPSA) is 86.8 Å². The van der Waals surface area contributed by atoms with Gasteiger partial charge in [0.1, 0.15) is 5.54 Å². The summed E-state index contributed by atoms with van der Waals surface area (Å²) in [6.07, 6.45) is 2.60. The van der Waals surface area contributed by atoms with Gasteiger partial charge in [-0.1, -0.05) is 0 Å². The molecule has 1 spiro atoms. The molecule has 1 aliphatic carbocycles. The lowest BCUT2D eigenvalue weighted by Crippen LogP contribution is -2.46. The molecule has 2 aliphatic rings. The van der Waals surface area contributed by atoms with Crippen molar-refractivity contribution in [2.45, 2.75) is 31.2 Å². The molecule has 0 saturated carbocycles. The number of aryl methyl sites for hydroxylation is 1. The fourth-order valence-electron chi connectivity index (χ4n) is 3.33. The number of carbonyl (C=O) groups is 2. The lowest BCUT2D eigenvalue weighted by Gasteiger charge is -2.31. The van der Waals surface area contributed by atoms with E-state index in [1.165, 1.54) is 14.1 Å². The highest BCUT2D eigenvalue weighted by Gasteiger charge is 2.54. The van der Waals surface area contributed by atoms with Crippen molar-refractivity contribution in [3.8, 4) is 0 Å². The summed E-state index contributed by atoms with van der Waals surface area (Å²) in [4.78, 5) is 27.6. The number of amides is 3. The lowest BCUT2D eigenvalue weighted by molar-refractivity contribution is -0.132. The zero-order valence-corrected chi connectivity index (χ0v) is 15.4. The van der Waals surface area contributed by atoms with Crippen LogP contribution in [0.1, 0.15) is 29.7 Å². The van der Waals surface area contributed by atoms with Gasteiger partial charge in [0.2, 0.25) is 10.0 Å². The third kappa shape index (κ3) is 2.74. The van der Waals surface area contributed by atoms with E-state index in [0.29, 0.717) is 6.42 Å². The largest absolute Gasteiger partial charge is 0.325 e. The number of sulfonamides is 1. The fourth-order valence-corrected chi connectivity index (χ4v) is 5.19. The molecule has 7 nitrogen and oxygen atoms in total. The van der Waals surface area contributed by atoms with Crippen molar-refractivity contribution in [1.29, 1.82) is 0 Å². The van der Waals surface area contributed by atoms with Gasteiger partial charge in [0, 0.05) is 31.1 Å². The van der Waals surface area contributed by atoms with Gasteiger partial charge < -0.3 is 5.32 Å². The predicted molar refractivity (Wildman–Crippen MR) is 91.3 cm³/mol. The summed E-state index contributed by atoms with van der Waals surface area (Å²) in [5, 5.41) is 4.81. The number of imide groups is 1. The van der Waals surface area contributed by atoms with E-state index in [9.17, 15) is 18.0 Å². The summed E-state index contributed by atoms with van der Waals surface area (Å²) in [5.41, 5.74) is -0.0500. The monoisotopic (exact) mass is 371 g/mol. The summed E-state index contributed by atoms with van der Waals surface area (Å²) >= 11 is 1.61. The Morgan fingerprint density at radius 1 is 1.38 bits per heavy atom. The summed E-state index contributed by atoms with van der Waals surface area (Å²) in [5.74, 6) is -0.345. The minimum absolute atomic E-state index is 0.0895. The zero-order valence-electron chi connectivity index (χ0n) is 13.7. The number of nitrogens with zero attached hydrogens (tertiary/aromatic N) is 2. The number of carbonyl (C=O) groups excluding carboxylic acids is 2. The fraction of sp³-hybridized carbons (Fsp3) is 0.600. The zero-order chi connectivity index (χ0) is 17.5. The van der Waals surface area contributed by atoms with Crippen LogP contribution in [0.15, 0.2) is 11.4 Å². The van der Waals surface area contributed by atoms with Crippen molar-refractivity contribution in [3.63, 3.8) is 0 Å². The molecule has 1 fully saturated rings. The molecule has 1 aromatic heterocycles. The molecule has 0 aromatic carbocycles. The Bertz CT molecular complexity index is 771. The van der Waals surface area contributed by atoms with Gasteiger partial charge in [0.05, 0.1) is 5.75 Å². The second-order valence-electron chi connectivity index (χ2n) is 6.36. The highest BCUT2D eigenvalue weighted by Crippen LogP contribution is 2.42. The molecule has 1 aromatic rings. The Kier molecular flexibility index (Phi) is 4.43. The molecule has 3 amide bonds. The number of rotatable bonds is 5. The molecular formula is C15H21N3O4S2. The molecule has 1 aliphatic heterocycles. The van der Waals surface area contributed by atoms with Crippen LogP contribution in [-0.2, 0) is 26.8 Å². The van der Waals surface area contributed by atoms with Crippen molar-refractivity contribution in [2.24, 2.45) is 0 Å². The first-order valence-electron chi connectivity index (χ1n) is 7.89. The van der Waals surface area contributed by atoms with Gasteiger partial charge in [0.25, 0.3) is 5.91 Å². The average molecular weight is 371 g/mol. The standard InChI is InChI=1S/C15H21N3O4S2/c1-17(2)24(21,22)10-4-8-18-13(19)15(16-14(18)20)7-3-5-12-11(15)6-9-23-12/h6,9H,3-5,7-8,10H2,1-2H3,(H,16,20)/t15-/m1/s1. The van der Waals surface area contributed by atoms with Crippen molar-refractivity contribution in [1.82, 2.24) is 14.5 Å². The van der Waals surface area contributed by atoms with Crippen LogP contribution in [0, 0.1) is 0 Å². The predicted octanol–water partition coefficient (Wildman–Crippen LogP) is 1.11. The number of nitrogens with one attached hydrogen (secondary N) is 1. The van der Waals surface area contributed by atoms with Gasteiger partial charge >= 0.3 is 6.03 Å². The van der Waals surface area contributed by atoms with Crippen LogP contribution in [0.2, 0.25) is 0 Å². The minimum Gasteiger partial charge on any atom is -0.319 e. The highest BCUT2D eigenvalue weighted by molar-refractivity contribution is 7.89. The number of fused-ring (bicyclic) bond motifs is 2. The first-order valence-corrected chi connectivity index (χ1v) is 10.4. The maximum absolute atomic E-state index is 12.9. The van der Waals surface area contributed by atoms with E-state index in [1.807, 2.05) is 11.4 Å². The van der Waals surface area contributed by atoms with Gasteiger partial charge in [-0.15, -0.1) is 11.3 Å². The Labute approximate surface area is 145 Å². The first-order chi connectivity index (χ1) is 11.3. The van der Waals surface area contributed by atoms with E-state index >= 15 is 0 Å². The summed E-state index contributed by atoms with van der Waals surface area (Å²) in [6, 6.07) is 1.48. The summed E-state index contributed by atoms with van der Waals surface area (Å²) in [6.45, 7) is 0.110. The molecule has 1 atom stereocenters. The first kappa shape index (κ1) is 17.4. The van der Waals surface area contributed by atoms with E-state index in [1.54, 1.807) is 11.3 Å². The molecular weight excluding hydrogens is 350 g/mol. The summed E-state index contributed by atoms with van der Waals surface area (Å²) in [7, 11) is -0.392. The highest BCUT2D eigenvalue weighted by atomic mass is 32.2. The normalized spacial score (nSPS) is 23.9. The Morgan fingerprint density at radius 2 is 2.12 bits per heavy atom. The van der Waals surface area contributed by atoms with Gasteiger partial charge in [-0.05, 0) is 37.1 Å². The van der Waals surface area contributed by atoms with Crippen LogP contribution in [0.4, 0.5) is 4.79 Å². The second kappa shape index (κ2) is 6.12. The average Bonchev–Trinajstić information content (AvgIpc) is 3.07. The molecule has 0 radical (unpaired) electrons. The summed E-state index contributed by atoms with van der Waals surface area (Å²) < 4.78 is 24.8. The van der Waals surface area contributed by atoms with Gasteiger partial charge in [-0.25, -0.2) is 17.5 Å². The van der Waals surface area contributed by atoms with E-state index in [4.69, 9.17) is 0 Å². The van der Waals surface area contributed by atoms with Gasteiger partial charge in [-0.3, -0.25) is 9.69 Å². The van der Waals surface area contributed by atoms with E-state index in [2.05, 4.69) is 5.32 Å². The lowest BCUT2D eigenvalue weighted by atomic mass is 9.80. The number of hydrogen-bond acceptors (Lipinski definition) is 5. The van der Waals surface area contributed by atoms with Crippen LogP contribution in [-0.4, -0.2) is 56.0 Å². The van der Waals surface area contributed by atoms with E-state index < -0.39 is 21.6 Å². The molecule has 1 N–H and O–H groups in total. The quantitative estimate of drug-likeness (QED) is 0.786. The Balaban J connectivity index is 1.75. The maximum Gasteiger partial charge on any atom is 0.325 e. The molecule has 24 heavy (non-hydrogen) atoms. The number of urea groups is 1. The van der Waals surface area contributed by atoms with Gasteiger partial charge in [0.15, 0.2) is 0 Å². The number of hydrogen-bond donors (Lipinski definition) is 1. The van der Waals surface area contributed by atoms with Crippen LogP contribution in [0.5, 0.6) is 0 Å². The van der Waals surface area contributed by atoms with Crippen molar-refractivity contribution >= 4 is 33.3 Å². The molecule has 3 rings (SSSR count).